The second-order valence-electron chi connectivity index (χ2n) is 4.81. The minimum Gasteiger partial charge on any atom is -0.387 e. The lowest BCUT2D eigenvalue weighted by molar-refractivity contribution is 0.194. The average molecular weight is 220 g/mol. The Morgan fingerprint density at radius 2 is 2.31 bits per heavy atom. The molecule has 2 atom stereocenters. The largest absolute Gasteiger partial charge is 0.387 e. The molecule has 1 aliphatic rings. The van der Waals surface area contributed by atoms with Crippen LogP contribution in [0, 0.1) is 5.92 Å². The van der Waals surface area contributed by atoms with Crippen molar-refractivity contribution in [2.24, 2.45) is 5.92 Å². The number of aliphatic hydroxyl groups is 1. The molecule has 0 aromatic carbocycles. The van der Waals surface area contributed by atoms with E-state index in [0.717, 1.165) is 24.7 Å². The first-order chi connectivity index (χ1) is 7.66. The lowest BCUT2D eigenvalue weighted by Crippen LogP contribution is -2.34. The van der Waals surface area contributed by atoms with Gasteiger partial charge in [0.2, 0.25) is 0 Å². The molecule has 0 radical (unpaired) electrons. The molecule has 1 aliphatic heterocycles. The Kier molecular flexibility index (Phi) is 3.44. The lowest BCUT2D eigenvalue weighted by Gasteiger charge is -2.32. The van der Waals surface area contributed by atoms with Crippen LogP contribution in [0.2, 0.25) is 0 Å². The van der Waals surface area contributed by atoms with E-state index in [1.165, 1.54) is 18.5 Å². The summed E-state index contributed by atoms with van der Waals surface area (Å²) in [5, 5.41) is 9.39. The number of hydrogen-bond acceptors (Lipinski definition) is 3. The minimum absolute atomic E-state index is 0.477. The summed E-state index contributed by atoms with van der Waals surface area (Å²) in [5.74, 6) is 0.769. The first-order valence-electron chi connectivity index (χ1n) is 6.06. The monoisotopic (exact) mass is 220 g/mol. The fourth-order valence-electron chi connectivity index (χ4n) is 2.26. The molecule has 1 N–H and O–H groups in total. The molecule has 16 heavy (non-hydrogen) atoms. The zero-order valence-electron chi connectivity index (χ0n) is 10.1. The summed E-state index contributed by atoms with van der Waals surface area (Å²) < 4.78 is 0. The number of nitrogens with zero attached hydrogens (tertiary/aromatic N) is 2. The van der Waals surface area contributed by atoms with Crippen LogP contribution in [0.1, 0.15) is 38.5 Å². The third kappa shape index (κ3) is 2.53. The fraction of sp³-hybridized carbons (Fsp3) is 0.615. The van der Waals surface area contributed by atoms with Gasteiger partial charge in [0.15, 0.2) is 0 Å². The van der Waals surface area contributed by atoms with Crippen LogP contribution in [0.4, 0.5) is 5.69 Å². The molecule has 1 saturated heterocycles. The van der Waals surface area contributed by atoms with E-state index in [9.17, 15) is 5.11 Å². The van der Waals surface area contributed by atoms with E-state index in [2.05, 4.69) is 22.9 Å². The van der Waals surface area contributed by atoms with Crippen LogP contribution in [0.15, 0.2) is 18.3 Å². The number of anilines is 1. The van der Waals surface area contributed by atoms with Gasteiger partial charge in [0.05, 0.1) is 23.7 Å². The molecule has 0 aliphatic carbocycles. The highest BCUT2D eigenvalue weighted by Crippen LogP contribution is 2.23. The van der Waals surface area contributed by atoms with E-state index < -0.39 is 6.10 Å². The Hall–Kier alpha value is -1.09. The van der Waals surface area contributed by atoms with Gasteiger partial charge in [0.1, 0.15) is 0 Å². The van der Waals surface area contributed by atoms with E-state index in [-0.39, 0.29) is 0 Å². The molecule has 88 valence electrons. The number of aliphatic hydroxyl groups excluding tert-OH is 1. The van der Waals surface area contributed by atoms with Gasteiger partial charge in [-0.25, -0.2) is 0 Å². The van der Waals surface area contributed by atoms with Gasteiger partial charge >= 0.3 is 0 Å². The third-order valence-electron chi connectivity index (χ3n) is 3.22. The molecule has 0 spiro atoms. The normalized spacial score (nSPS) is 23.2. The molecule has 0 amide bonds. The summed E-state index contributed by atoms with van der Waals surface area (Å²) in [4.78, 5) is 6.67. The SMILES string of the molecule is CC1CCCN(c2ccc(C(C)O)nc2)C1. The maximum absolute atomic E-state index is 9.39. The van der Waals surface area contributed by atoms with Gasteiger partial charge in [0.25, 0.3) is 0 Å². The second kappa shape index (κ2) is 4.83. The molecule has 1 aromatic heterocycles. The Labute approximate surface area is 97.1 Å². The van der Waals surface area contributed by atoms with Crippen LogP contribution in [0.25, 0.3) is 0 Å². The topological polar surface area (TPSA) is 36.4 Å². The van der Waals surface area contributed by atoms with Gasteiger partial charge in [-0.15, -0.1) is 0 Å². The van der Waals surface area contributed by atoms with E-state index >= 15 is 0 Å². The summed E-state index contributed by atoms with van der Waals surface area (Å²) in [6.45, 7) is 6.28. The third-order valence-corrected chi connectivity index (χ3v) is 3.22. The number of piperidine rings is 1. The first kappa shape index (κ1) is 11.4. The minimum atomic E-state index is -0.477. The van der Waals surface area contributed by atoms with Gasteiger partial charge in [0, 0.05) is 13.1 Å². The zero-order valence-corrected chi connectivity index (χ0v) is 10.1. The molecule has 3 heteroatoms. The fourth-order valence-corrected chi connectivity index (χ4v) is 2.26. The maximum atomic E-state index is 9.39. The Morgan fingerprint density at radius 3 is 2.88 bits per heavy atom. The highest BCUT2D eigenvalue weighted by molar-refractivity contribution is 5.45. The van der Waals surface area contributed by atoms with Crippen molar-refractivity contribution < 1.29 is 5.11 Å². The predicted molar refractivity (Wildman–Crippen MR) is 65.5 cm³/mol. The second-order valence-corrected chi connectivity index (χ2v) is 4.81. The standard InChI is InChI=1S/C13H20N2O/c1-10-4-3-7-15(9-10)12-5-6-13(11(2)16)14-8-12/h5-6,8,10-11,16H,3-4,7,9H2,1-2H3. The van der Waals surface area contributed by atoms with Crippen LogP contribution in [0.5, 0.6) is 0 Å². The molecule has 3 nitrogen and oxygen atoms in total. The molecule has 1 aromatic rings. The summed E-state index contributed by atoms with van der Waals surface area (Å²) in [7, 11) is 0. The molecule has 2 unspecified atom stereocenters. The average Bonchev–Trinajstić information content (AvgIpc) is 2.29. The quantitative estimate of drug-likeness (QED) is 0.831. The van der Waals surface area contributed by atoms with Crippen molar-refractivity contribution in [1.82, 2.24) is 4.98 Å². The molecule has 0 saturated carbocycles. The lowest BCUT2D eigenvalue weighted by atomic mass is 10.00. The highest BCUT2D eigenvalue weighted by Gasteiger charge is 2.16. The maximum Gasteiger partial charge on any atom is 0.0931 e. The number of hydrogen-bond donors (Lipinski definition) is 1. The van der Waals surface area contributed by atoms with E-state index in [1.807, 2.05) is 12.3 Å². The van der Waals surface area contributed by atoms with Gasteiger partial charge < -0.3 is 10.0 Å². The Balaban J connectivity index is 2.09. The summed E-state index contributed by atoms with van der Waals surface area (Å²) in [6.07, 6.45) is 3.99. The molecule has 2 heterocycles. The van der Waals surface area contributed by atoms with E-state index in [1.54, 1.807) is 6.92 Å². The van der Waals surface area contributed by atoms with Crippen molar-refractivity contribution in [3.8, 4) is 0 Å². The molecular weight excluding hydrogens is 200 g/mol. The van der Waals surface area contributed by atoms with Crippen LogP contribution < -0.4 is 4.90 Å². The summed E-state index contributed by atoms with van der Waals surface area (Å²) in [6, 6.07) is 3.98. The first-order valence-corrected chi connectivity index (χ1v) is 6.06. The van der Waals surface area contributed by atoms with Crippen molar-refractivity contribution in [2.45, 2.75) is 32.8 Å². The van der Waals surface area contributed by atoms with Gasteiger partial charge in [-0.3, -0.25) is 4.98 Å². The van der Waals surface area contributed by atoms with Crippen LogP contribution in [0.3, 0.4) is 0 Å². The number of aromatic nitrogens is 1. The summed E-state index contributed by atoms with van der Waals surface area (Å²) >= 11 is 0. The van der Waals surface area contributed by atoms with Crippen LogP contribution in [-0.2, 0) is 0 Å². The molecule has 2 rings (SSSR count). The van der Waals surface area contributed by atoms with Gasteiger partial charge in [-0.1, -0.05) is 6.92 Å². The van der Waals surface area contributed by atoms with Crippen LogP contribution in [-0.4, -0.2) is 23.2 Å². The predicted octanol–water partition coefficient (Wildman–Crippen LogP) is 2.37. The Bertz CT molecular complexity index is 334. The van der Waals surface area contributed by atoms with E-state index in [0.29, 0.717) is 0 Å². The number of pyridine rings is 1. The van der Waals surface area contributed by atoms with Gasteiger partial charge in [-0.2, -0.15) is 0 Å². The van der Waals surface area contributed by atoms with Crippen molar-refractivity contribution >= 4 is 5.69 Å². The Morgan fingerprint density at radius 1 is 1.50 bits per heavy atom. The van der Waals surface area contributed by atoms with Crippen molar-refractivity contribution in [1.29, 1.82) is 0 Å². The highest BCUT2D eigenvalue weighted by atomic mass is 16.3. The van der Waals surface area contributed by atoms with Crippen molar-refractivity contribution in [2.75, 3.05) is 18.0 Å². The molecular formula is C13H20N2O. The van der Waals surface area contributed by atoms with Crippen molar-refractivity contribution in [3.05, 3.63) is 24.0 Å². The van der Waals surface area contributed by atoms with E-state index in [4.69, 9.17) is 0 Å². The molecule has 0 bridgehead atoms. The van der Waals surface area contributed by atoms with Gasteiger partial charge in [-0.05, 0) is 37.8 Å². The zero-order chi connectivity index (χ0) is 11.5. The summed E-state index contributed by atoms with van der Waals surface area (Å²) in [5.41, 5.74) is 1.92. The van der Waals surface area contributed by atoms with Crippen molar-refractivity contribution in [3.63, 3.8) is 0 Å². The smallest absolute Gasteiger partial charge is 0.0931 e. The number of rotatable bonds is 2. The molecule has 1 fully saturated rings. The van der Waals surface area contributed by atoms with Crippen LogP contribution >= 0.6 is 0 Å².